The van der Waals surface area contributed by atoms with Gasteiger partial charge in [0, 0.05) is 0 Å². The zero-order chi connectivity index (χ0) is 5.91. The molecule has 0 aromatic heterocycles. The Morgan fingerprint density at radius 1 is 1.29 bits per heavy atom. The predicted molar refractivity (Wildman–Crippen MR) is 27.1 cm³/mol. The highest BCUT2D eigenvalue weighted by Crippen LogP contribution is 2.09. The molecule has 0 atom stereocenters. The largest absolute Gasteiger partial charge is 0.503 e. The lowest BCUT2D eigenvalue weighted by atomic mass is 9.94. The fraction of sp³-hybridized carbons (Fsp3) is 0. The maximum Gasteiger partial charge on any atom is 0.503 e. The van der Waals surface area contributed by atoms with Gasteiger partial charge in [-0.3, -0.25) is 0 Å². The molecule has 0 nitrogen and oxygen atoms in total. The van der Waals surface area contributed by atoms with Crippen LogP contribution in [0.15, 0.2) is 11.0 Å². The van der Waals surface area contributed by atoms with Crippen molar-refractivity contribution in [3.63, 3.8) is 0 Å². The summed E-state index contributed by atoms with van der Waals surface area (Å²) < 4.78 is 33.0. The van der Waals surface area contributed by atoms with Crippen molar-refractivity contribution in [2.45, 2.75) is 0 Å². The van der Waals surface area contributed by atoms with E-state index in [0.29, 0.717) is 0 Å². The van der Waals surface area contributed by atoms with Crippen LogP contribution >= 0.6 is 15.9 Å². The van der Waals surface area contributed by atoms with Crippen LogP contribution < -0.4 is 0 Å². The second-order valence-electron chi connectivity index (χ2n) is 0.944. The van der Waals surface area contributed by atoms with Gasteiger partial charge < -0.3 is 12.9 Å². The summed E-state index contributed by atoms with van der Waals surface area (Å²) in [5.74, 6) is 0.167. The molecule has 0 aliphatic heterocycles. The monoisotopic (exact) mass is 173 g/mol. The normalized spacial score (nSPS) is 13.1. The SMILES string of the molecule is F[B-](F)(F)/C=C/Br. The molecule has 0 spiro atoms. The fourth-order valence-electron chi connectivity index (χ4n) is 0.0825. The van der Waals surface area contributed by atoms with E-state index in [0.717, 1.165) is 4.99 Å². The smallest absolute Gasteiger partial charge is 0.445 e. The molecule has 0 saturated heterocycles. The van der Waals surface area contributed by atoms with E-state index in [9.17, 15) is 12.9 Å². The van der Waals surface area contributed by atoms with Crippen LogP contribution in [0.4, 0.5) is 12.9 Å². The molecule has 0 fully saturated rings. The first-order valence-electron chi connectivity index (χ1n) is 1.54. The standard InChI is InChI=1S/C2H2BBrF3/c4-2-1-3(5,6)7/h1-2H/q-1/b2-1+. The van der Waals surface area contributed by atoms with Crippen LogP contribution in [-0.4, -0.2) is 6.98 Å². The second-order valence-corrected chi connectivity index (χ2v) is 1.47. The molecule has 0 amide bonds. The van der Waals surface area contributed by atoms with E-state index in [4.69, 9.17) is 0 Å². The summed E-state index contributed by atoms with van der Waals surface area (Å²) in [4.78, 5) is 0.799. The zero-order valence-electron chi connectivity index (χ0n) is 3.24. The predicted octanol–water partition coefficient (Wildman–Crippen LogP) is 2.28. The van der Waals surface area contributed by atoms with Crippen molar-refractivity contribution in [3.05, 3.63) is 11.0 Å². The van der Waals surface area contributed by atoms with Crippen LogP contribution in [0.2, 0.25) is 0 Å². The highest BCUT2D eigenvalue weighted by atomic mass is 79.9. The minimum absolute atomic E-state index is 0.167. The van der Waals surface area contributed by atoms with Crippen molar-refractivity contribution in [3.8, 4) is 0 Å². The van der Waals surface area contributed by atoms with Gasteiger partial charge in [0.25, 0.3) is 0 Å². The van der Waals surface area contributed by atoms with Crippen molar-refractivity contribution in [1.82, 2.24) is 0 Å². The number of hydrogen-bond donors (Lipinski definition) is 0. The average molecular weight is 174 g/mol. The van der Waals surface area contributed by atoms with Crippen LogP contribution in [0.5, 0.6) is 0 Å². The third kappa shape index (κ3) is 6.07. The van der Waals surface area contributed by atoms with E-state index in [1.54, 1.807) is 0 Å². The summed E-state index contributed by atoms with van der Waals surface area (Å²) in [5, 5.41) is 0. The summed E-state index contributed by atoms with van der Waals surface area (Å²) in [7, 11) is 0. The molecule has 5 heteroatoms. The van der Waals surface area contributed by atoms with Crippen molar-refractivity contribution >= 4 is 22.9 Å². The van der Waals surface area contributed by atoms with E-state index in [2.05, 4.69) is 15.9 Å². The van der Waals surface area contributed by atoms with Crippen molar-refractivity contribution in [2.24, 2.45) is 0 Å². The Balaban J connectivity index is 3.56. The topological polar surface area (TPSA) is 0 Å². The Morgan fingerprint density at radius 3 is 1.71 bits per heavy atom. The van der Waals surface area contributed by atoms with Gasteiger partial charge in [-0.05, 0) is 0 Å². The highest BCUT2D eigenvalue weighted by molar-refractivity contribution is 9.11. The molecular formula is C2H2BBrF3-. The first kappa shape index (κ1) is 7.07. The molecule has 0 rings (SSSR count). The first-order valence-corrected chi connectivity index (χ1v) is 2.46. The van der Waals surface area contributed by atoms with Crippen LogP contribution in [0.25, 0.3) is 0 Å². The third-order valence-electron chi connectivity index (χ3n) is 0.291. The summed E-state index contributed by atoms with van der Waals surface area (Å²) in [6, 6.07) is 0. The van der Waals surface area contributed by atoms with Crippen LogP contribution in [0, 0.1) is 0 Å². The zero-order valence-corrected chi connectivity index (χ0v) is 4.83. The Kier molecular flexibility index (Phi) is 2.43. The van der Waals surface area contributed by atoms with Crippen LogP contribution in [0.1, 0.15) is 0 Å². The summed E-state index contributed by atoms with van der Waals surface area (Å²) in [5.41, 5.74) is 0. The van der Waals surface area contributed by atoms with Gasteiger partial charge in [-0.25, -0.2) is 0 Å². The van der Waals surface area contributed by atoms with Gasteiger partial charge in [0.15, 0.2) is 0 Å². The van der Waals surface area contributed by atoms with Gasteiger partial charge in [0.05, 0.1) is 0 Å². The van der Waals surface area contributed by atoms with Gasteiger partial charge in [0.1, 0.15) is 0 Å². The fourth-order valence-corrected chi connectivity index (χ4v) is 0.429. The Bertz CT molecular complexity index is 75.5. The molecule has 0 unspecified atom stereocenters. The van der Waals surface area contributed by atoms with Gasteiger partial charge in [-0.2, -0.15) is 0 Å². The summed E-state index contributed by atoms with van der Waals surface area (Å²) >= 11 is 2.50. The first-order chi connectivity index (χ1) is 3.06. The molecule has 0 aliphatic rings. The van der Waals surface area contributed by atoms with Crippen molar-refractivity contribution < 1.29 is 12.9 Å². The van der Waals surface area contributed by atoms with Gasteiger partial charge in [-0.15, -0.1) is 5.98 Å². The van der Waals surface area contributed by atoms with Crippen LogP contribution in [-0.2, 0) is 0 Å². The molecule has 7 heavy (non-hydrogen) atoms. The lowest BCUT2D eigenvalue weighted by Crippen LogP contribution is -2.08. The second kappa shape index (κ2) is 2.40. The molecule has 0 saturated carbocycles. The van der Waals surface area contributed by atoms with Crippen molar-refractivity contribution in [1.29, 1.82) is 0 Å². The molecule has 42 valence electrons. The lowest BCUT2D eigenvalue weighted by Gasteiger charge is -2.03. The maximum atomic E-state index is 11.0. The van der Waals surface area contributed by atoms with Crippen molar-refractivity contribution in [2.75, 3.05) is 0 Å². The molecule has 0 aliphatic carbocycles. The van der Waals surface area contributed by atoms with Gasteiger partial charge in [-0.1, -0.05) is 20.9 Å². The Morgan fingerprint density at radius 2 is 1.71 bits per heavy atom. The summed E-state index contributed by atoms with van der Waals surface area (Å²) in [6.45, 7) is -4.72. The number of hydrogen-bond acceptors (Lipinski definition) is 0. The maximum absolute atomic E-state index is 11.0. The van der Waals surface area contributed by atoms with E-state index >= 15 is 0 Å². The molecule has 0 heterocycles. The Hall–Kier alpha value is 0.0749. The minimum Gasteiger partial charge on any atom is -0.445 e. The van der Waals surface area contributed by atoms with Gasteiger partial charge >= 0.3 is 6.98 Å². The van der Waals surface area contributed by atoms with E-state index in [-0.39, 0.29) is 5.98 Å². The number of rotatable bonds is 1. The molecular weight excluding hydrogens is 172 g/mol. The Labute approximate surface area is 47.6 Å². The number of halogens is 4. The quantitative estimate of drug-likeness (QED) is 0.534. The average Bonchev–Trinajstić information content (AvgIpc) is 1.30. The van der Waals surface area contributed by atoms with E-state index < -0.39 is 6.98 Å². The molecule has 0 aromatic rings. The summed E-state index contributed by atoms with van der Waals surface area (Å²) in [6.07, 6.45) is 0. The lowest BCUT2D eigenvalue weighted by molar-refractivity contribution is 0.499. The molecule has 0 radical (unpaired) electrons. The van der Waals surface area contributed by atoms with Gasteiger partial charge in [0.2, 0.25) is 0 Å². The molecule has 0 aromatic carbocycles. The molecule has 0 bridgehead atoms. The van der Waals surface area contributed by atoms with E-state index in [1.165, 1.54) is 0 Å². The molecule has 0 N–H and O–H groups in total. The highest BCUT2D eigenvalue weighted by Gasteiger charge is 2.16. The minimum atomic E-state index is -4.72. The van der Waals surface area contributed by atoms with Crippen LogP contribution in [0.3, 0.4) is 0 Å². The third-order valence-corrected chi connectivity index (χ3v) is 0.596. The van der Waals surface area contributed by atoms with E-state index in [1.807, 2.05) is 0 Å².